The highest BCUT2D eigenvalue weighted by molar-refractivity contribution is 7.62. The fourth-order valence-electron chi connectivity index (χ4n) is 0.218. The van der Waals surface area contributed by atoms with Crippen molar-refractivity contribution in [2.24, 2.45) is 0 Å². The lowest BCUT2D eigenvalue weighted by atomic mass is 10.5. The summed E-state index contributed by atoms with van der Waals surface area (Å²) in [5, 5.41) is 0. The first-order valence-electron chi connectivity index (χ1n) is 2.27. The van der Waals surface area contributed by atoms with Crippen molar-refractivity contribution in [1.29, 1.82) is 0 Å². The maximum atomic E-state index is 5.36. The number of halogens is 3. The second-order valence-corrected chi connectivity index (χ2v) is 9.01. The molecule has 0 fully saturated rings. The second kappa shape index (κ2) is 3.96. The van der Waals surface area contributed by atoms with E-state index in [1.54, 1.807) is 0 Å². The molecule has 0 aliphatic carbocycles. The van der Waals surface area contributed by atoms with Crippen LogP contribution >= 0.6 is 33.2 Å². The molecule has 0 aliphatic heterocycles. The molecular weight excluding hydrogens is 186 g/mol. The maximum absolute atomic E-state index is 5.36. The summed E-state index contributed by atoms with van der Waals surface area (Å²) < 4.78 is 4.81. The van der Waals surface area contributed by atoms with Crippen molar-refractivity contribution in [2.45, 2.75) is 13.3 Å². The Labute approximate surface area is 64.1 Å². The Morgan fingerprint density at radius 1 is 1.38 bits per heavy atom. The third kappa shape index (κ3) is 7.05. The van der Waals surface area contributed by atoms with Crippen LogP contribution in [0.1, 0.15) is 13.3 Å². The average molecular weight is 194 g/mol. The molecule has 0 aromatic rings. The Hall–Kier alpha value is 1.05. The van der Waals surface area contributed by atoms with Gasteiger partial charge in [0.1, 0.15) is 0 Å². The van der Waals surface area contributed by atoms with Gasteiger partial charge < -0.3 is 4.43 Å². The third-order valence-corrected chi connectivity index (χ3v) is 1.98. The zero-order chi connectivity index (χ0) is 6.62. The van der Waals surface area contributed by atoms with Crippen LogP contribution in [0.4, 0.5) is 0 Å². The predicted octanol–water partition coefficient (Wildman–Crippen LogP) is 2.57. The maximum Gasteiger partial charge on any atom is 0.493 e. The van der Waals surface area contributed by atoms with Crippen LogP contribution in [0.5, 0.6) is 0 Å². The summed E-state index contributed by atoms with van der Waals surface area (Å²) in [5.41, 5.74) is 0. The Kier molecular flexibility index (Phi) is 4.48. The molecule has 0 radical (unpaired) electrons. The van der Waals surface area contributed by atoms with Gasteiger partial charge in [-0.1, -0.05) is 40.2 Å². The van der Waals surface area contributed by atoms with Gasteiger partial charge in [0.25, 0.3) is 0 Å². The average Bonchev–Trinajstić information content (AvgIpc) is 1.59. The Bertz CT molecular complexity index is 62.0. The quantitative estimate of drug-likeness (QED) is 0.495. The summed E-state index contributed by atoms with van der Waals surface area (Å²) in [6, 6.07) is 0. The van der Waals surface area contributed by atoms with Crippen LogP contribution < -0.4 is 0 Å². The van der Waals surface area contributed by atoms with E-state index in [1.165, 1.54) is 0 Å². The molecule has 0 N–H and O–H groups in total. The minimum atomic E-state index is -2.76. The van der Waals surface area contributed by atoms with E-state index in [1.807, 2.05) is 6.92 Å². The third-order valence-electron chi connectivity index (χ3n) is 0.470. The van der Waals surface area contributed by atoms with E-state index in [2.05, 4.69) is 0 Å². The van der Waals surface area contributed by atoms with E-state index >= 15 is 0 Å². The molecule has 50 valence electrons. The Morgan fingerprint density at radius 2 is 1.88 bits per heavy atom. The molecular formula is C3H7Cl3OSi. The van der Waals surface area contributed by atoms with Gasteiger partial charge in [-0.05, 0) is 6.42 Å². The van der Waals surface area contributed by atoms with Gasteiger partial charge >= 0.3 is 6.25 Å². The van der Waals surface area contributed by atoms with Crippen molar-refractivity contribution in [2.75, 3.05) is 6.61 Å². The number of hydrogen-bond donors (Lipinski definition) is 0. The highest BCUT2D eigenvalue weighted by Crippen LogP contribution is 2.20. The standard InChI is InChI=1S/C3H7Cl3OSi/c1-2-3-7-8(4,5)6/h2-3H2,1H3. The normalized spacial score (nSPS) is 12.0. The van der Waals surface area contributed by atoms with E-state index in [-0.39, 0.29) is 0 Å². The summed E-state index contributed by atoms with van der Waals surface area (Å²) in [6.07, 6.45) is -1.87. The van der Waals surface area contributed by atoms with E-state index in [9.17, 15) is 0 Å². The van der Waals surface area contributed by atoms with E-state index < -0.39 is 6.25 Å². The van der Waals surface area contributed by atoms with Crippen molar-refractivity contribution in [3.63, 3.8) is 0 Å². The fourth-order valence-corrected chi connectivity index (χ4v) is 1.35. The Balaban J connectivity index is 3.11. The molecule has 0 saturated carbocycles. The highest BCUT2D eigenvalue weighted by atomic mass is 35.8. The minimum Gasteiger partial charge on any atom is -0.381 e. The second-order valence-electron chi connectivity index (χ2n) is 1.29. The lowest BCUT2D eigenvalue weighted by molar-refractivity contribution is 0.335. The van der Waals surface area contributed by atoms with Crippen LogP contribution in [0, 0.1) is 0 Å². The first-order valence-corrected chi connectivity index (χ1v) is 7.21. The predicted molar refractivity (Wildman–Crippen MR) is 39.6 cm³/mol. The van der Waals surface area contributed by atoms with Crippen molar-refractivity contribution in [3.8, 4) is 0 Å². The van der Waals surface area contributed by atoms with Gasteiger partial charge in [-0.3, -0.25) is 0 Å². The molecule has 0 saturated heterocycles. The van der Waals surface area contributed by atoms with Gasteiger partial charge in [0, 0.05) is 6.61 Å². The lowest BCUT2D eigenvalue weighted by Gasteiger charge is -2.06. The molecule has 1 nitrogen and oxygen atoms in total. The summed E-state index contributed by atoms with van der Waals surface area (Å²) in [4.78, 5) is 0. The summed E-state index contributed by atoms with van der Waals surface area (Å²) >= 11 is 16.1. The van der Waals surface area contributed by atoms with Crippen molar-refractivity contribution in [3.05, 3.63) is 0 Å². The van der Waals surface area contributed by atoms with Crippen molar-refractivity contribution < 1.29 is 4.43 Å². The molecule has 0 atom stereocenters. The molecule has 5 heteroatoms. The van der Waals surface area contributed by atoms with E-state index in [0.717, 1.165) is 6.42 Å². The van der Waals surface area contributed by atoms with Crippen LogP contribution in [0.25, 0.3) is 0 Å². The van der Waals surface area contributed by atoms with Gasteiger partial charge in [-0.2, -0.15) is 0 Å². The highest BCUT2D eigenvalue weighted by Gasteiger charge is 2.26. The summed E-state index contributed by atoms with van der Waals surface area (Å²) in [6.45, 7) is 2.51. The zero-order valence-corrected chi connectivity index (χ0v) is 7.72. The largest absolute Gasteiger partial charge is 0.493 e. The molecule has 0 rings (SSSR count). The molecule has 0 unspecified atom stereocenters. The summed E-state index contributed by atoms with van der Waals surface area (Å²) in [7, 11) is 0. The molecule has 0 aromatic heterocycles. The lowest BCUT2D eigenvalue weighted by Crippen LogP contribution is -2.16. The number of rotatable bonds is 3. The number of hydrogen-bond acceptors (Lipinski definition) is 1. The van der Waals surface area contributed by atoms with Gasteiger partial charge in [0.2, 0.25) is 0 Å². The van der Waals surface area contributed by atoms with Gasteiger partial charge in [-0.15, -0.1) is 0 Å². The minimum absolute atomic E-state index is 0.544. The van der Waals surface area contributed by atoms with Gasteiger partial charge in [0.05, 0.1) is 0 Å². The first kappa shape index (κ1) is 9.05. The summed E-state index contributed by atoms with van der Waals surface area (Å²) in [5.74, 6) is 0. The molecule has 8 heavy (non-hydrogen) atoms. The SMILES string of the molecule is CCCO[Si](Cl)(Cl)Cl. The van der Waals surface area contributed by atoms with Crippen LogP contribution in [-0.2, 0) is 4.43 Å². The zero-order valence-electron chi connectivity index (χ0n) is 4.46. The first-order chi connectivity index (χ1) is 3.56. The fraction of sp³-hybridized carbons (Fsp3) is 1.00. The van der Waals surface area contributed by atoms with Crippen molar-refractivity contribution in [1.82, 2.24) is 0 Å². The van der Waals surface area contributed by atoms with E-state index in [0.29, 0.717) is 6.61 Å². The van der Waals surface area contributed by atoms with E-state index in [4.69, 9.17) is 37.7 Å². The molecule has 0 spiro atoms. The van der Waals surface area contributed by atoms with Crippen LogP contribution in [0.15, 0.2) is 0 Å². The van der Waals surface area contributed by atoms with Gasteiger partial charge in [0.15, 0.2) is 0 Å². The van der Waals surface area contributed by atoms with Crippen LogP contribution in [0.2, 0.25) is 0 Å². The molecule has 0 aliphatic rings. The molecule has 0 heterocycles. The molecule has 0 aromatic carbocycles. The van der Waals surface area contributed by atoms with Crippen LogP contribution in [0.3, 0.4) is 0 Å². The van der Waals surface area contributed by atoms with Crippen LogP contribution in [-0.4, -0.2) is 12.9 Å². The Morgan fingerprint density at radius 3 is 2.00 bits per heavy atom. The van der Waals surface area contributed by atoms with Crippen molar-refractivity contribution >= 4 is 39.5 Å². The topological polar surface area (TPSA) is 9.23 Å². The smallest absolute Gasteiger partial charge is 0.381 e. The van der Waals surface area contributed by atoms with Gasteiger partial charge in [-0.25, -0.2) is 0 Å². The molecule has 0 amide bonds. The monoisotopic (exact) mass is 192 g/mol. The molecule has 0 bridgehead atoms.